The Bertz CT molecular complexity index is 846. The Morgan fingerprint density at radius 3 is 2.71 bits per heavy atom. The summed E-state index contributed by atoms with van der Waals surface area (Å²) in [6.45, 7) is 0. The topological polar surface area (TPSA) is 58.9 Å². The van der Waals surface area contributed by atoms with Crippen LogP contribution in [-0.2, 0) is 0 Å². The van der Waals surface area contributed by atoms with Gasteiger partial charge in [-0.25, -0.2) is 0 Å². The van der Waals surface area contributed by atoms with Crippen molar-refractivity contribution in [1.82, 2.24) is 15.2 Å². The highest BCUT2D eigenvalue weighted by molar-refractivity contribution is 6.34. The number of benzene rings is 1. The number of halogens is 1. The predicted molar refractivity (Wildman–Crippen MR) is 81.4 cm³/mol. The molecule has 0 saturated heterocycles. The largest absolute Gasteiger partial charge is 0.507 e. The number of phenols is 1. The van der Waals surface area contributed by atoms with Crippen LogP contribution < -0.4 is 0 Å². The van der Waals surface area contributed by atoms with Crippen LogP contribution in [0.2, 0.25) is 5.15 Å². The summed E-state index contributed by atoms with van der Waals surface area (Å²) in [5.41, 5.74) is 2.47. The normalized spacial score (nSPS) is 14.5. The molecule has 104 valence electrons. The average molecular weight is 298 g/mol. The van der Waals surface area contributed by atoms with Crippen LogP contribution >= 0.6 is 11.6 Å². The van der Waals surface area contributed by atoms with Crippen LogP contribution in [0.1, 0.15) is 24.3 Å². The SMILES string of the molecule is Oc1cc(C2CC2)ccc1-c1nnc(Cl)c2cnccc12. The van der Waals surface area contributed by atoms with E-state index in [1.54, 1.807) is 12.4 Å². The highest BCUT2D eigenvalue weighted by Gasteiger charge is 2.24. The number of aromatic hydroxyl groups is 1. The molecule has 1 N–H and O–H groups in total. The first-order valence-corrected chi connectivity index (χ1v) is 7.21. The van der Waals surface area contributed by atoms with Gasteiger partial charge in [0.15, 0.2) is 5.15 Å². The molecule has 1 saturated carbocycles. The summed E-state index contributed by atoms with van der Waals surface area (Å²) in [5, 5.41) is 20.3. The first-order valence-electron chi connectivity index (χ1n) is 6.83. The minimum absolute atomic E-state index is 0.231. The van der Waals surface area contributed by atoms with E-state index in [9.17, 15) is 5.11 Å². The smallest absolute Gasteiger partial charge is 0.161 e. The van der Waals surface area contributed by atoms with Gasteiger partial charge in [0.1, 0.15) is 11.4 Å². The molecular formula is C16H12ClN3O. The summed E-state index contributed by atoms with van der Waals surface area (Å²) < 4.78 is 0. The fourth-order valence-electron chi connectivity index (χ4n) is 2.59. The van der Waals surface area contributed by atoms with Crippen molar-refractivity contribution < 1.29 is 5.11 Å². The molecule has 2 aromatic heterocycles. The van der Waals surface area contributed by atoms with E-state index in [1.165, 1.54) is 18.4 Å². The van der Waals surface area contributed by atoms with Crippen LogP contribution in [0.5, 0.6) is 5.75 Å². The predicted octanol–water partition coefficient (Wildman–Crippen LogP) is 3.93. The van der Waals surface area contributed by atoms with Gasteiger partial charge < -0.3 is 5.11 Å². The fraction of sp³-hybridized carbons (Fsp3) is 0.188. The molecule has 2 heterocycles. The summed E-state index contributed by atoms with van der Waals surface area (Å²) >= 11 is 6.06. The van der Waals surface area contributed by atoms with E-state index in [1.807, 2.05) is 18.2 Å². The monoisotopic (exact) mass is 297 g/mol. The maximum atomic E-state index is 10.3. The van der Waals surface area contributed by atoms with Crippen molar-refractivity contribution in [2.75, 3.05) is 0 Å². The Labute approximate surface area is 126 Å². The number of pyridine rings is 1. The third-order valence-electron chi connectivity index (χ3n) is 3.86. The summed E-state index contributed by atoms with van der Waals surface area (Å²) in [7, 11) is 0. The highest BCUT2D eigenvalue weighted by Crippen LogP contribution is 2.43. The number of phenolic OH excluding ortho intramolecular Hbond substituents is 1. The van der Waals surface area contributed by atoms with Gasteiger partial charge in [-0.2, -0.15) is 0 Å². The van der Waals surface area contributed by atoms with Gasteiger partial charge in [0.05, 0.1) is 0 Å². The quantitative estimate of drug-likeness (QED) is 0.778. The zero-order valence-corrected chi connectivity index (χ0v) is 11.9. The van der Waals surface area contributed by atoms with Crippen molar-refractivity contribution in [1.29, 1.82) is 0 Å². The summed E-state index contributed by atoms with van der Waals surface area (Å²) in [6, 6.07) is 7.62. The lowest BCUT2D eigenvalue weighted by atomic mass is 10.0. The minimum atomic E-state index is 0.231. The molecular weight excluding hydrogens is 286 g/mol. The maximum Gasteiger partial charge on any atom is 0.161 e. The van der Waals surface area contributed by atoms with Gasteiger partial charge in [0, 0.05) is 28.7 Å². The van der Waals surface area contributed by atoms with E-state index in [2.05, 4.69) is 21.2 Å². The molecule has 0 spiro atoms. The molecule has 0 aliphatic heterocycles. The lowest BCUT2D eigenvalue weighted by molar-refractivity contribution is 0.476. The molecule has 3 aromatic rings. The Morgan fingerprint density at radius 2 is 1.95 bits per heavy atom. The average Bonchev–Trinajstić information content (AvgIpc) is 3.33. The molecule has 5 heteroatoms. The van der Waals surface area contributed by atoms with Crippen LogP contribution in [0.15, 0.2) is 36.7 Å². The summed E-state index contributed by atoms with van der Waals surface area (Å²) in [5.74, 6) is 0.830. The lowest BCUT2D eigenvalue weighted by Crippen LogP contribution is -1.93. The van der Waals surface area contributed by atoms with E-state index < -0.39 is 0 Å². The van der Waals surface area contributed by atoms with Crippen LogP contribution in [0, 0.1) is 0 Å². The first-order chi connectivity index (χ1) is 10.2. The summed E-state index contributed by atoms with van der Waals surface area (Å²) in [6.07, 6.45) is 5.74. The second kappa shape index (κ2) is 4.67. The Kier molecular flexibility index (Phi) is 2.79. The molecule has 4 nitrogen and oxygen atoms in total. The van der Waals surface area contributed by atoms with Crippen LogP contribution in [-0.4, -0.2) is 20.3 Å². The van der Waals surface area contributed by atoms with Crippen molar-refractivity contribution in [2.24, 2.45) is 0 Å². The van der Waals surface area contributed by atoms with Gasteiger partial charge in [0.2, 0.25) is 0 Å². The molecule has 0 atom stereocenters. The van der Waals surface area contributed by atoms with E-state index in [-0.39, 0.29) is 5.75 Å². The number of hydrogen-bond donors (Lipinski definition) is 1. The second-order valence-electron chi connectivity index (χ2n) is 5.31. The van der Waals surface area contributed by atoms with Gasteiger partial charge in [-0.1, -0.05) is 17.7 Å². The van der Waals surface area contributed by atoms with Gasteiger partial charge in [0.25, 0.3) is 0 Å². The van der Waals surface area contributed by atoms with E-state index in [0.717, 1.165) is 10.8 Å². The third-order valence-corrected chi connectivity index (χ3v) is 4.14. The van der Waals surface area contributed by atoms with Gasteiger partial charge in [-0.3, -0.25) is 4.98 Å². The zero-order chi connectivity index (χ0) is 14.4. The van der Waals surface area contributed by atoms with Crippen LogP contribution in [0.25, 0.3) is 22.0 Å². The number of fused-ring (bicyclic) bond motifs is 1. The molecule has 0 bridgehead atoms. The molecule has 4 rings (SSSR count). The fourth-order valence-corrected chi connectivity index (χ4v) is 2.77. The van der Waals surface area contributed by atoms with Gasteiger partial charge in [-0.15, -0.1) is 10.2 Å². The molecule has 0 radical (unpaired) electrons. The van der Waals surface area contributed by atoms with Crippen molar-refractivity contribution in [2.45, 2.75) is 18.8 Å². The van der Waals surface area contributed by atoms with Gasteiger partial charge in [-0.05, 0) is 42.5 Å². The molecule has 0 unspecified atom stereocenters. The molecule has 0 amide bonds. The van der Waals surface area contributed by atoms with Gasteiger partial charge >= 0.3 is 0 Å². The Balaban J connectivity index is 1.92. The maximum absolute atomic E-state index is 10.3. The molecule has 21 heavy (non-hydrogen) atoms. The van der Waals surface area contributed by atoms with Crippen molar-refractivity contribution in [3.63, 3.8) is 0 Å². The molecule has 1 fully saturated rings. The van der Waals surface area contributed by atoms with E-state index in [0.29, 0.717) is 22.3 Å². The number of rotatable bonds is 2. The number of aromatic nitrogens is 3. The molecule has 1 aliphatic carbocycles. The number of nitrogens with zero attached hydrogens (tertiary/aromatic N) is 3. The highest BCUT2D eigenvalue weighted by atomic mass is 35.5. The van der Waals surface area contributed by atoms with E-state index in [4.69, 9.17) is 11.6 Å². The van der Waals surface area contributed by atoms with Crippen molar-refractivity contribution in [3.05, 3.63) is 47.4 Å². The van der Waals surface area contributed by atoms with Crippen LogP contribution in [0.3, 0.4) is 0 Å². The standard InChI is InChI=1S/C16H12ClN3O/c17-16-13-8-18-6-5-11(13)15(19-20-16)12-4-3-10(7-14(12)21)9-1-2-9/h3-9,21H,1-2H2. The van der Waals surface area contributed by atoms with Crippen LogP contribution in [0.4, 0.5) is 0 Å². The minimum Gasteiger partial charge on any atom is -0.507 e. The van der Waals surface area contributed by atoms with E-state index >= 15 is 0 Å². The van der Waals surface area contributed by atoms with Crippen molar-refractivity contribution in [3.8, 4) is 17.0 Å². The Morgan fingerprint density at radius 1 is 1.10 bits per heavy atom. The lowest BCUT2D eigenvalue weighted by Gasteiger charge is -2.09. The van der Waals surface area contributed by atoms with Crippen molar-refractivity contribution >= 4 is 22.4 Å². The number of hydrogen-bond acceptors (Lipinski definition) is 4. The zero-order valence-electron chi connectivity index (χ0n) is 11.1. The Hall–Kier alpha value is -2.20. The molecule has 1 aromatic carbocycles. The summed E-state index contributed by atoms with van der Waals surface area (Å²) in [4.78, 5) is 4.06. The third kappa shape index (κ3) is 2.12. The second-order valence-corrected chi connectivity index (χ2v) is 5.67. The molecule has 1 aliphatic rings. The first kappa shape index (κ1) is 12.5.